The molecule has 0 aliphatic carbocycles. The molecular weight excluding hydrogens is 496 g/mol. The van der Waals surface area contributed by atoms with Crippen molar-refractivity contribution in [3.8, 4) is 34.1 Å². The van der Waals surface area contributed by atoms with Crippen molar-refractivity contribution in [2.45, 2.75) is 20.3 Å². The maximum absolute atomic E-state index is 13.3. The molecule has 0 saturated heterocycles. The number of aromatic nitrogens is 6. The summed E-state index contributed by atoms with van der Waals surface area (Å²) in [5.74, 6) is 1.36. The monoisotopic (exact) mass is 520 g/mol. The van der Waals surface area contributed by atoms with Crippen LogP contribution in [0.1, 0.15) is 24.5 Å². The van der Waals surface area contributed by atoms with E-state index in [0.717, 1.165) is 45.8 Å². The molecule has 38 heavy (non-hydrogen) atoms. The molecule has 0 spiro atoms. The van der Waals surface area contributed by atoms with Gasteiger partial charge in [0.25, 0.3) is 5.56 Å². The summed E-state index contributed by atoms with van der Waals surface area (Å²) in [6, 6.07) is 19.6. The molecule has 0 aliphatic heterocycles. The molecule has 0 fully saturated rings. The van der Waals surface area contributed by atoms with E-state index in [0.29, 0.717) is 21.9 Å². The molecule has 9 heteroatoms. The van der Waals surface area contributed by atoms with Crippen molar-refractivity contribution in [3.63, 3.8) is 0 Å². The highest BCUT2D eigenvalue weighted by molar-refractivity contribution is 7.15. The van der Waals surface area contributed by atoms with E-state index in [1.165, 1.54) is 15.9 Å². The SMILES string of the molecule is CCCOc1ccc(-c2nn(-c3ccccc3)cc2/C=c2\sc3nc(-c4ccncc4)nn3c2=O)cc1C. The van der Waals surface area contributed by atoms with Gasteiger partial charge in [-0.15, -0.1) is 5.10 Å². The number of hydrogen-bond donors (Lipinski definition) is 0. The van der Waals surface area contributed by atoms with Gasteiger partial charge < -0.3 is 4.74 Å². The number of fused-ring (bicyclic) bond motifs is 1. The van der Waals surface area contributed by atoms with Crippen LogP contribution in [0.3, 0.4) is 0 Å². The molecule has 0 bridgehead atoms. The van der Waals surface area contributed by atoms with Crippen molar-refractivity contribution in [2.75, 3.05) is 6.61 Å². The average Bonchev–Trinajstić information content (AvgIpc) is 3.64. The number of rotatable bonds is 7. The molecule has 4 aromatic heterocycles. The van der Waals surface area contributed by atoms with Crippen molar-refractivity contribution >= 4 is 22.4 Å². The Hall–Kier alpha value is -4.63. The van der Waals surface area contributed by atoms with Gasteiger partial charge in [0.15, 0.2) is 5.82 Å². The molecule has 4 heterocycles. The first kappa shape index (κ1) is 23.7. The third-order valence-corrected chi connectivity index (χ3v) is 7.04. The van der Waals surface area contributed by atoms with Crippen LogP contribution in [-0.4, -0.2) is 36.0 Å². The minimum atomic E-state index is -0.212. The normalized spacial score (nSPS) is 11.9. The van der Waals surface area contributed by atoms with E-state index in [4.69, 9.17) is 9.84 Å². The lowest BCUT2D eigenvalue weighted by molar-refractivity contribution is 0.315. The largest absolute Gasteiger partial charge is 0.493 e. The van der Waals surface area contributed by atoms with Crippen LogP contribution in [0.5, 0.6) is 5.75 Å². The second-order valence-electron chi connectivity index (χ2n) is 8.82. The molecule has 6 aromatic rings. The predicted octanol–water partition coefficient (Wildman–Crippen LogP) is 4.71. The van der Waals surface area contributed by atoms with Crippen LogP contribution in [0.25, 0.3) is 39.4 Å². The van der Waals surface area contributed by atoms with Crippen molar-refractivity contribution in [2.24, 2.45) is 0 Å². The summed E-state index contributed by atoms with van der Waals surface area (Å²) in [6.45, 7) is 4.79. The number of nitrogens with zero attached hydrogens (tertiary/aromatic N) is 6. The first-order valence-corrected chi connectivity index (χ1v) is 13.1. The van der Waals surface area contributed by atoms with E-state index in [1.54, 1.807) is 12.4 Å². The molecule has 188 valence electrons. The van der Waals surface area contributed by atoms with Gasteiger partial charge in [0.2, 0.25) is 4.96 Å². The van der Waals surface area contributed by atoms with E-state index in [-0.39, 0.29) is 5.56 Å². The van der Waals surface area contributed by atoms with Crippen molar-refractivity contribution in [1.29, 1.82) is 0 Å². The van der Waals surface area contributed by atoms with Crippen LogP contribution in [0.4, 0.5) is 0 Å². The maximum atomic E-state index is 13.3. The summed E-state index contributed by atoms with van der Waals surface area (Å²) in [4.78, 5) is 22.4. The molecule has 0 amide bonds. The van der Waals surface area contributed by atoms with Crippen molar-refractivity contribution in [3.05, 3.63) is 105 Å². The standard InChI is InChI=1S/C29H24N6O2S/c1-3-15-37-24-10-9-21(16-19(24)2)26-22(18-34(32-26)23-7-5-4-6-8-23)17-25-28(36)35-29(38-25)31-27(33-35)20-11-13-30-14-12-20/h4-14,16-18H,3,15H2,1-2H3/b25-17-. The van der Waals surface area contributed by atoms with Crippen LogP contribution in [0.15, 0.2) is 84.0 Å². The second kappa shape index (κ2) is 10.0. The fourth-order valence-electron chi connectivity index (χ4n) is 4.20. The number of pyridine rings is 1. The number of para-hydroxylation sites is 1. The van der Waals surface area contributed by atoms with Crippen LogP contribution in [0, 0.1) is 6.92 Å². The van der Waals surface area contributed by atoms with Gasteiger partial charge in [0.1, 0.15) is 11.4 Å². The molecule has 8 nitrogen and oxygen atoms in total. The summed E-state index contributed by atoms with van der Waals surface area (Å²) in [5.41, 5.74) is 5.10. The molecular formula is C29H24N6O2S. The molecule has 0 saturated carbocycles. The number of thiazole rings is 1. The van der Waals surface area contributed by atoms with Gasteiger partial charge >= 0.3 is 0 Å². The van der Waals surface area contributed by atoms with Crippen LogP contribution >= 0.6 is 11.3 Å². The molecule has 0 aliphatic rings. The van der Waals surface area contributed by atoms with Gasteiger partial charge in [-0.3, -0.25) is 9.78 Å². The zero-order valence-electron chi connectivity index (χ0n) is 20.9. The third-order valence-electron chi connectivity index (χ3n) is 6.08. The second-order valence-corrected chi connectivity index (χ2v) is 9.83. The van der Waals surface area contributed by atoms with Crippen molar-refractivity contribution in [1.82, 2.24) is 29.4 Å². The van der Waals surface area contributed by atoms with Gasteiger partial charge in [-0.2, -0.15) is 14.6 Å². The van der Waals surface area contributed by atoms with E-state index < -0.39 is 0 Å². The van der Waals surface area contributed by atoms with Crippen molar-refractivity contribution < 1.29 is 4.74 Å². The minimum Gasteiger partial charge on any atom is -0.493 e. The van der Waals surface area contributed by atoms with Gasteiger partial charge in [-0.05, 0) is 67.4 Å². The molecule has 0 radical (unpaired) electrons. The first-order valence-electron chi connectivity index (χ1n) is 12.3. The smallest absolute Gasteiger partial charge is 0.291 e. The Morgan fingerprint density at radius 3 is 2.55 bits per heavy atom. The fourth-order valence-corrected chi connectivity index (χ4v) is 5.10. The highest BCUT2D eigenvalue weighted by Gasteiger charge is 2.16. The summed E-state index contributed by atoms with van der Waals surface area (Å²) in [5, 5.41) is 9.35. The zero-order chi connectivity index (χ0) is 26.1. The minimum absolute atomic E-state index is 0.212. The topological polar surface area (TPSA) is 87.2 Å². The average molecular weight is 521 g/mol. The number of ether oxygens (including phenoxy) is 1. The molecule has 6 rings (SSSR count). The number of benzene rings is 2. The fraction of sp³-hybridized carbons (Fsp3) is 0.138. The quantitative estimate of drug-likeness (QED) is 0.303. The van der Waals surface area contributed by atoms with Crippen LogP contribution in [-0.2, 0) is 0 Å². The van der Waals surface area contributed by atoms with Gasteiger partial charge in [-0.25, -0.2) is 4.68 Å². The Bertz CT molecular complexity index is 1840. The molecule has 0 atom stereocenters. The highest BCUT2D eigenvalue weighted by atomic mass is 32.1. The van der Waals surface area contributed by atoms with E-state index in [9.17, 15) is 4.79 Å². The Morgan fingerprint density at radius 1 is 1.00 bits per heavy atom. The predicted molar refractivity (Wildman–Crippen MR) is 149 cm³/mol. The van der Waals surface area contributed by atoms with Gasteiger partial charge in [0, 0.05) is 35.3 Å². The summed E-state index contributed by atoms with van der Waals surface area (Å²) in [6.07, 6.45) is 8.12. The zero-order valence-corrected chi connectivity index (χ0v) is 21.7. The summed E-state index contributed by atoms with van der Waals surface area (Å²) in [7, 11) is 0. The summed E-state index contributed by atoms with van der Waals surface area (Å²) >= 11 is 1.31. The van der Waals surface area contributed by atoms with Gasteiger partial charge in [-0.1, -0.05) is 36.5 Å². The van der Waals surface area contributed by atoms with E-state index >= 15 is 0 Å². The molecule has 0 unspecified atom stereocenters. The maximum Gasteiger partial charge on any atom is 0.291 e. The highest BCUT2D eigenvalue weighted by Crippen LogP contribution is 2.29. The molecule has 0 N–H and O–H groups in total. The van der Waals surface area contributed by atoms with E-state index in [1.807, 2.05) is 78.5 Å². The lowest BCUT2D eigenvalue weighted by Gasteiger charge is -2.09. The Morgan fingerprint density at radius 2 is 1.82 bits per heavy atom. The summed E-state index contributed by atoms with van der Waals surface area (Å²) < 4.78 is 9.60. The van der Waals surface area contributed by atoms with Crippen LogP contribution < -0.4 is 14.8 Å². The third kappa shape index (κ3) is 4.48. The first-order chi connectivity index (χ1) is 18.6. The number of aryl methyl sites for hydroxylation is 1. The Kier molecular flexibility index (Phi) is 6.27. The Balaban J connectivity index is 1.46. The van der Waals surface area contributed by atoms with Gasteiger partial charge in [0.05, 0.1) is 16.8 Å². The molecule has 2 aromatic carbocycles. The number of hydrogen-bond acceptors (Lipinski definition) is 7. The lowest BCUT2D eigenvalue weighted by Crippen LogP contribution is -2.23. The Labute approximate surface area is 222 Å². The van der Waals surface area contributed by atoms with E-state index in [2.05, 4.69) is 28.1 Å². The lowest BCUT2D eigenvalue weighted by atomic mass is 10.0. The van der Waals surface area contributed by atoms with Crippen LogP contribution in [0.2, 0.25) is 0 Å².